The summed E-state index contributed by atoms with van der Waals surface area (Å²) in [6.45, 7) is 1.98. The van der Waals surface area contributed by atoms with Crippen molar-refractivity contribution in [3.05, 3.63) is 76.7 Å². The molecular weight excluding hydrogens is 269 g/mol. The molecule has 1 aliphatic rings. The maximum atomic E-state index is 12.9. The number of carbonyl (C=O) groups excluding carboxylic acids is 1. The van der Waals surface area contributed by atoms with E-state index in [1.54, 1.807) is 18.2 Å². The lowest BCUT2D eigenvalue weighted by molar-refractivity contribution is -0.129. The van der Waals surface area contributed by atoms with Gasteiger partial charge in [-0.15, -0.1) is 0 Å². The van der Waals surface area contributed by atoms with Gasteiger partial charge in [0, 0.05) is 5.56 Å². The number of hydrogen-bond donors (Lipinski definition) is 0. The first kappa shape index (κ1) is 13.2. The van der Waals surface area contributed by atoms with Crippen molar-refractivity contribution in [1.29, 1.82) is 0 Å². The van der Waals surface area contributed by atoms with Crippen LogP contribution in [-0.4, -0.2) is 11.9 Å². The molecule has 0 saturated carbocycles. The SMILES string of the molecule is Cc1ccc(C2=N/C(=C/c3ccc(F)cc3)C(=O)O2)cc1. The lowest BCUT2D eigenvalue weighted by Crippen LogP contribution is -2.05. The number of esters is 1. The molecule has 0 amide bonds. The molecule has 1 heterocycles. The van der Waals surface area contributed by atoms with Gasteiger partial charge in [-0.2, -0.15) is 0 Å². The molecule has 0 fully saturated rings. The van der Waals surface area contributed by atoms with E-state index in [9.17, 15) is 9.18 Å². The van der Waals surface area contributed by atoms with E-state index in [0.717, 1.165) is 11.1 Å². The van der Waals surface area contributed by atoms with Gasteiger partial charge < -0.3 is 4.74 Å². The van der Waals surface area contributed by atoms with E-state index in [1.807, 2.05) is 31.2 Å². The summed E-state index contributed by atoms with van der Waals surface area (Å²) in [4.78, 5) is 16.0. The first-order chi connectivity index (χ1) is 10.1. The summed E-state index contributed by atoms with van der Waals surface area (Å²) in [5, 5.41) is 0. The number of aliphatic imine (C=N–C) groups is 1. The van der Waals surface area contributed by atoms with Gasteiger partial charge in [-0.3, -0.25) is 0 Å². The van der Waals surface area contributed by atoms with E-state index in [-0.39, 0.29) is 17.4 Å². The fourth-order valence-electron chi connectivity index (χ4n) is 1.95. The van der Waals surface area contributed by atoms with E-state index in [1.165, 1.54) is 12.1 Å². The molecular formula is C17H12FNO2. The maximum Gasteiger partial charge on any atom is 0.363 e. The van der Waals surface area contributed by atoms with Gasteiger partial charge in [0.05, 0.1) is 0 Å². The van der Waals surface area contributed by atoms with E-state index in [4.69, 9.17) is 4.74 Å². The zero-order valence-corrected chi connectivity index (χ0v) is 11.3. The van der Waals surface area contributed by atoms with Crippen LogP contribution in [0.5, 0.6) is 0 Å². The molecule has 3 nitrogen and oxygen atoms in total. The Morgan fingerprint density at radius 2 is 1.71 bits per heavy atom. The van der Waals surface area contributed by atoms with Crippen LogP contribution in [0.3, 0.4) is 0 Å². The van der Waals surface area contributed by atoms with Gasteiger partial charge in [0.1, 0.15) is 5.82 Å². The average Bonchev–Trinajstić information content (AvgIpc) is 2.83. The van der Waals surface area contributed by atoms with Crippen molar-refractivity contribution in [3.63, 3.8) is 0 Å². The minimum atomic E-state index is -0.505. The molecule has 0 radical (unpaired) electrons. The number of halogens is 1. The van der Waals surface area contributed by atoms with Crippen molar-refractivity contribution < 1.29 is 13.9 Å². The molecule has 0 bridgehead atoms. The number of hydrogen-bond acceptors (Lipinski definition) is 3. The second-order valence-electron chi connectivity index (χ2n) is 4.75. The largest absolute Gasteiger partial charge is 0.402 e. The van der Waals surface area contributed by atoms with Crippen LogP contribution in [0.15, 0.2) is 59.2 Å². The van der Waals surface area contributed by atoms with Gasteiger partial charge in [0.25, 0.3) is 0 Å². The minimum Gasteiger partial charge on any atom is -0.402 e. The number of benzene rings is 2. The van der Waals surface area contributed by atoms with Gasteiger partial charge in [-0.25, -0.2) is 14.2 Å². The highest BCUT2D eigenvalue weighted by Gasteiger charge is 2.23. The number of cyclic esters (lactones) is 1. The second-order valence-corrected chi connectivity index (χ2v) is 4.75. The zero-order chi connectivity index (χ0) is 14.8. The fourth-order valence-corrected chi connectivity index (χ4v) is 1.95. The standard InChI is InChI=1S/C17H12FNO2/c1-11-2-6-13(7-3-11)16-19-15(17(20)21-16)10-12-4-8-14(18)9-5-12/h2-10H,1H3/b15-10+. The van der Waals surface area contributed by atoms with E-state index >= 15 is 0 Å². The van der Waals surface area contributed by atoms with Crippen LogP contribution in [0, 0.1) is 12.7 Å². The van der Waals surface area contributed by atoms with Gasteiger partial charge in [0.15, 0.2) is 5.70 Å². The van der Waals surface area contributed by atoms with Gasteiger partial charge >= 0.3 is 5.97 Å². The molecule has 21 heavy (non-hydrogen) atoms. The number of ether oxygens (including phenoxy) is 1. The Morgan fingerprint density at radius 1 is 1.05 bits per heavy atom. The summed E-state index contributed by atoms with van der Waals surface area (Å²) in [6, 6.07) is 13.4. The Kier molecular flexibility index (Phi) is 3.36. The third-order valence-corrected chi connectivity index (χ3v) is 3.09. The van der Waals surface area contributed by atoms with Crippen LogP contribution in [0.2, 0.25) is 0 Å². The smallest absolute Gasteiger partial charge is 0.363 e. The van der Waals surface area contributed by atoms with Crippen molar-refractivity contribution in [3.8, 4) is 0 Å². The van der Waals surface area contributed by atoms with Gasteiger partial charge in [0.2, 0.25) is 5.90 Å². The first-order valence-electron chi connectivity index (χ1n) is 6.47. The molecule has 2 aromatic carbocycles. The lowest BCUT2D eigenvalue weighted by Gasteiger charge is -1.99. The molecule has 104 valence electrons. The molecule has 3 rings (SSSR count). The monoisotopic (exact) mass is 281 g/mol. The van der Waals surface area contributed by atoms with Crippen LogP contribution < -0.4 is 0 Å². The molecule has 0 unspecified atom stereocenters. The van der Waals surface area contributed by atoms with Crippen molar-refractivity contribution in [2.45, 2.75) is 6.92 Å². The molecule has 4 heteroatoms. The fraction of sp³-hybridized carbons (Fsp3) is 0.0588. The normalized spacial score (nSPS) is 16.0. The Bertz CT molecular complexity index is 743. The predicted molar refractivity (Wildman–Crippen MR) is 78.2 cm³/mol. The number of carbonyl (C=O) groups is 1. The van der Waals surface area contributed by atoms with E-state index < -0.39 is 5.97 Å². The highest BCUT2D eigenvalue weighted by atomic mass is 19.1. The molecule has 2 aromatic rings. The number of aryl methyl sites for hydroxylation is 1. The predicted octanol–water partition coefficient (Wildman–Crippen LogP) is 3.48. The number of rotatable bonds is 2. The second kappa shape index (κ2) is 5.32. The van der Waals surface area contributed by atoms with Gasteiger partial charge in [-0.05, 0) is 42.8 Å². The number of nitrogens with zero attached hydrogens (tertiary/aromatic N) is 1. The van der Waals surface area contributed by atoms with E-state index in [0.29, 0.717) is 5.56 Å². The molecule has 0 aliphatic carbocycles. The van der Waals surface area contributed by atoms with Crippen LogP contribution in [0.1, 0.15) is 16.7 Å². The molecule has 1 aliphatic heterocycles. The minimum absolute atomic E-state index is 0.206. The molecule has 0 aromatic heterocycles. The third-order valence-electron chi connectivity index (χ3n) is 3.09. The lowest BCUT2D eigenvalue weighted by atomic mass is 10.1. The van der Waals surface area contributed by atoms with Crippen LogP contribution >= 0.6 is 0 Å². The maximum absolute atomic E-state index is 12.9. The van der Waals surface area contributed by atoms with Crippen molar-refractivity contribution in [1.82, 2.24) is 0 Å². The van der Waals surface area contributed by atoms with E-state index in [2.05, 4.69) is 4.99 Å². The van der Waals surface area contributed by atoms with Crippen molar-refractivity contribution >= 4 is 17.9 Å². The Labute approximate surface area is 121 Å². The highest BCUT2D eigenvalue weighted by Crippen LogP contribution is 2.19. The summed E-state index contributed by atoms with van der Waals surface area (Å²) in [6.07, 6.45) is 1.57. The highest BCUT2D eigenvalue weighted by molar-refractivity contribution is 6.12. The Balaban J connectivity index is 1.91. The molecule has 0 atom stereocenters. The van der Waals surface area contributed by atoms with Crippen LogP contribution in [0.4, 0.5) is 4.39 Å². The summed E-state index contributed by atoms with van der Waals surface area (Å²) in [5.74, 6) is -0.543. The molecule has 0 saturated heterocycles. The van der Waals surface area contributed by atoms with Crippen molar-refractivity contribution in [2.24, 2.45) is 4.99 Å². The zero-order valence-electron chi connectivity index (χ0n) is 11.3. The third kappa shape index (κ3) is 2.89. The summed E-state index contributed by atoms with van der Waals surface area (Å²) in [7, 11) is 0. The molecule has 0 N–H and O–H groups in total. The summed E-state index contributed by atoms with van der Waals surface area (Å²) < 4.78 is 18.0. The quantitative estimate of drug-likeness (QED) is 0.624. The van der Waals surface area contributed by atoms with Gasteiger partial charge in [-0.1, -0.05) is 29.8 Å². The Morgan fingerprint density at radius 3 is 2.38 bits per heavy atom. The van der Waals surface area contributed by atoms with Crippen molar-refractivity contribution in [2.75, 3.05) is 0 Å². The summed E-state index contributed by atoms with van der Waals surface area (Å²) >= 11 is 0. The Hall–Kier alpha value is -2.75. The molecule has 0 spiro atoms. The first-order valence-corrected chi connectivity index (χ1v) is 6.47. The summed E-state index contributed by atoms with van der Waals surface area (Å²) in [5.41, 5.74) is 2.76. The average molecular weight is 281 g/mol. The topological polar surface area (TPSA) is 38.7 Å². The van der Waals surface area contributed by atoms with Crippen LogP contribution in [0.25, 0.3) is 6.08 Å². The van der Waals surface area contributed by atoms with Crippen LogP contribution in [-0.2, 0) is 9.53 Å².